The molecule has 144 valence electrons. The molecular formula is C23H23NO3S. The fraction of sp³-hybridized carbons (Fsp3) is 0.174. The molecule has 0 spiro atoms. The van der Waals surface area contributed by atoms with Gasteiger partial charge in [-0.25, -0.2) is 9.10 Å². The monoisotopic (exact) mass is 393 g/mol. The van der Waals surface area contributed by atoms with Gasteiger partial charge in [0.1, 0.15) is 5.75 Å². The molecule has 0 atom stereocenters. The van der Waals surface area contributed by atoms with Gasteiger partial charge in [0.15, 0.2) is 0 Å². The average molecular weight is 394 g/mol. The van der Waals surface area contributed by atoms with Gasteiger partial charge in [-0.15, -0.1) is 0 Å². The molecule has 0 aromatic heterocycles. The van der Waals surface area contributed by atoms with Crippen molar-refractivity contribution >= 4 is 17.9 Å². The number of carbonyl (C=O) groups is 1. The van der Waals surface area contributed by atoms with Gasteiger partial charge in [0.2, 0.25) is 0 Å². The fourth-order valence-electron chi connectivity index (χ4n) is 2.88. The van der Waals surface area contributed by atoms with Gasteiger partial charge in [0.25, 0.3) is 0 Å². The number of aromatic carboxylic acids is 1. The van der Waals surface area contributed by atoms with Crippen molar-refractivity contribution in [1.82, 2.24) is 4.31 Å². The molecule has 1 N–H and O–H groups in total. The van der Waals surface area contributed by atoms with Gasteiger partial charge in [-0.2, -0.15) is 0 Å². The van der Waals surface area contributed by atoms with E-state index in [-0.39, 0.29) is 0 Å². The van der Waals surface area contributed by atoms with Gasteiger partial charge in [-0.3, -0.25) is 0 Å². The zero-order chi connectivity index (χ0) is 19.9. The molecule has 0 amide bonds. The molecule has 0 radical (unpaired) electrons. The van der Waals surface area contributed by atoms with Crippen LogP contribution in [0.2, 0.25) is 0 Å². The molecule has 5 heteroatoms. The van der Waals surface area contributed by atoms with E-state index in [0.717, 1.165) is 23.7 Å². The molecule has 0 fully saturated rings. The van der Waals surface area contributed by atoms with Crippen molar-refractivity contribution in [2.75, 3.05) is 7.11 Å². The van der Waals surface area contributed by atoms with Crippen LogP contribution in [0.15, 0.2) is 77.7 Å². The quantitative estimate of drug-likeness (QED) is 0.519. The molecule has 0 aliphatic heterocycles. The van der Waals surface area contributed by atoms with Crippen LogP contribution in [0.5, 0.6) is 5.75 Å². The number of ether oxygens (including phenoxy) is 1. The van der Waals surface area contributed by atoms with Gasteiger partial charge < -0.3 is 9.84 Å². The van der Waals surface area contributed by atoms with Crippen molar-refractivity contribution in [3.05, 3.63) is 95.1 Å². The van der Waals surface area contributed by atoms with Crippen LogP contribution in [-0.2, 0) is 13.1 Å². The van der Waals surface area contributed by atoms with Crippen LogP contribution in [-0.4, -0.2) is 22.5 Å². The summed E-state index contributed by atoms with van der Waals surface area (Å²) in [5.41, 5.74) is 3.95. The minimum Gasteiger partial charge on any atom is -0.497 e. The predicted octanol–water partition coefficient (Wildman–Crippen LogP) is 5.41. The highest BCUT2D eigenvalue weighted by atomic mass is 32.2. The first-order valence-corrected chi connectivity index (χ1v) is 9.75. The summed E-state index contributed by atoms with van der Waals surface area (Å²) in [6.45, 7) is 3.62. The number of methoxy groups -OCH3 is 1. The third-order valence-corrected chi connectivity index (χ3v) is 5.29. The Kier molecular flexibility index (Phi) is 6.74. The molecule has 4 nitrogen and oxygen atoms in total. The van der Waals surface area contributed by atoms with Crippen molar-refractivity contribution in [3.8, 4) is 5.75 Å². The second kappa shape index (κ2) is 9.44. The van der Waals surface area contributed by atoms with E-state index in [1.54, 1.807) is 31.2 Å². The molecule has 3 aromatic carbocycles. The third kappa shape index (κ3) is 5.62. The van der Waals surface area contributed by atoms with Crippen LogP contribution >= 0.6 is 11.9 Å². The molecule has 0 saturated heterocycles. The van der Waals surface area contributed by atoms with E-state index in [2.05, 4.69) is 47.6 Å². The Morgan fingerprint density at radius 2 is 1.64 bits per heavy atom. The first-order valence-electron chi connectivity index (χ1n) is 8.98. The topological polar surface area (TPSA) is 49.8 Å². The van der Waals surface area contributed by atoms with Crippen LogP contribution in [0.3, 0.4) is 0 Å². The van der Waals surface area contributed by atoms with E-state index in [0.29, 0.717) is 5.56 Å². The van der Waals surface area contributed by atoms with E-state index in [9.17, 15) is 4.79 Å². The van der Waals surface area contributed by atoms with Gasteiger partial charge in [0.05, 0.1) is 12.7 Å². The number of carboxylic acid groups (broad SMARTS) is 1. The largest absolute Gasteiger partial charge is 0.497 e. The molecule has 0 heterocycles. The fourth-order valence-corrected chi connectivity index (χ4v) is 3.86. The molecule has 3 rings (SSSR count). The maximum absolute atomic E-state index is 11.1. The van der Waals surface area contributed by atoms with E-state index in [4.69, 9.17) is 9.84 Å². The zero-order valence-corrected chi connectivity index (χ0v) is 16.8. The zero-order valence-electron chi connectivity index (χ0n) is 16.0. The summed E-state index contributed by atoms with van der Waals surface area (Å²) in [4.78, 5) is 12.1. The second-order valence-electron chi connectivity index (χ2n) is 6.56. The Balaban J connectivity index is 1.79. The number of aryl methyl sites for hydroxylation is 1. The molecule has 28 heavy (non-hydrogen) atoms. The maximum atomic E-state index is 11.1. The lowest BCUT2D eigenvalue weighted by Crippen LogP contribution is -2.15. The highest BCUT2D eigenvalue weighted by Crippen LogP contribution is 2.28. The molecule has 0 aliphatic rings. The summed E-state index contributed by atoms with van der Waals surface area (Å²) in [5, 5.41) is 9.09. The van der Waals surface area contributed by atoms with Crippen LogP contribution in [0.4, 0.5) is 0 Å². The van der Waals surface area contributed by atoms with Gasteiger partial charge in [0, 0.05) is 18.0 Å². The van der Waals surface area contributed by atoms with E-state index in [1.807, 2.05) is 24.3 Å². The Bertz CT molecular complexity index is 923. The van der Waals surface area contributed by atoms with Crippen molar-refractivity contribution in [2.45, 2.75) is 24.9 Å². The summed E-state index contributed by atoms with van der Waals surface area (Å²) in [6.07, 6.45) is 0. The lowest BCUT2D eigenvalue weighted by molar-refractivity contribution is 0.0697. The van der Waals surface area contributed by atoms with Crippen LogP contribution < -0.4 is 4.74 Å². The van der Waals surface area contributed by atoms with Gasteiger partial charge >= 0.3 is 5.97 Å². The maximum Gasteiger partial charge on any atom is 0.335 e. The minimum atomic E-state index is -0.911. The van der Waals surface area contributed by atoms with Crippen LogP contribution in [0.25, 0.3) is 0 Å². The van der Waals surface area contributed by atoms with Crippen molar-refractivity contribution in [2.24, 2.45) is 0 Å². The summed E-state index contributed by atoms with van der Waals surface area (Å²) < 4.78 is 7.51. The first kappa shape index (κ1) is 20.0. The number of hydrogen-bond donors (Lipinski definition) is 1. The summed E-state index contributed by atoms with van der Waals surface area (Å²) in [7, 11) is 1.66. The van der Waals surface area contributed by atoms with E-state index < -0.39 is 5.97 Å². The van der Waals surface area contributed by atoms with Gasteiger partial charge in [-0.1, -0.05) is 42.0 Å². The third-order valence-electron chi connectivity index (χ3n) is 4.30. The lowest BCUT2D eigenvalue weighted by atomic mass is 10.1. The highest BCUT2D eigenvalue weighted by Gasteiger charge is 2.11. The first-order chi connectivity index (χ1) is 13.5. The Morgan fingerprint density at radius 1 is 0.964 bits per heavy atom. The average Bonchev–Trinajstić information content (AvgIpc) is 2.69. The molecule has 0 saturated carbocycles. The smallest absolute Gasteiger partial charge is 0.335 e. The molecule has 3 aromatic rings. The van der Waals surface area contributed by atoms with Gasteiger partial charge in [-0.05, 0) is 66.4 Å². The van der Waals surface area contributed by atoms with Crippen molar-refractivity contribution < 1.29 is 14.6 Å². The minimum absolute atomic E-state index is 0.296. The highest BCUT2D eigenvalue weighted by molar-refractivity contribution is 7.97. The standard InChI is InChI=1S/C23H23NO3S/c1-17-4-3-5-19(14-17)16-24(15-18-6-10-21(27-2)11-7-18)28-22-12-8-20(9-13-22)23(25)26/h3-14H,15-16H2,1-2H3,(H,25,26). The van der Waals surface area contributed by atoms with E-state index in [1.165, 1.54) is 16.7 Å². The number of rotatable bonds is 8. The molecule has 0 bridgehead atoms. The van der Waals surface area contributed by atoms with Crippen LogP contribution in [0, 0.1) is 6.92 Å². The lowest BCUT2D eigenvalue weighted by Gasteiger charge is -2.22. The Hall–Kier alpha value is -2.76. The predicted molar refractivity (Wildman–Crippen MR) is 113 cm³/mol. The van der Waals surface area contributed by atoms with E-state index >= 15 is 0 Å². The Morgan fingerprint density at radius 3 is 2.25 bits per heavy atom. The van der Waals surface area contributed by atoms with Crippen LogP contribution in [0.1, 0.15) is 27.0 Å². The number of carboxylic acids is 1. The molecular weight excluding hydrogens is 370 g/mol. The summed E-state index contributed by atoms with van der Waals surface area (Å²) >= 11 is 1.62. The van der Waals surface area contributed by atoms with Crippen molar-refractivity contribution in [3.63, 3.8) is 0 Å². The Labute approximate surface area is 169 Å². The number of nitrogens with zero attached hydrogens (tertiary/aromatic N) is 1. The summed E-state index contributed by atoms with van der Waals surface area (Å²) in [5.74, 6) is -0.0719. The normalized spacial score (nSPS) is 10.8. The molecule has 0 aliphatic carbocycles. The van der Waals surface area contributed by atoms with Crippen molar-refractivity contribution in [1.29, 1.82) is 0 Å². The SMILES string of the molecule is COc1ccc(CN(Cc2cccc(C)c2)Sc2ccc(C(=O)O)cc2)cc1. The number of benzene rings is 3. The summed E-state index contributed by atoms with van der Waals surface area (Å²) in [6, 6.07) is 23.5. The second-order valence-corrected chi connectivity index (χ2v) is 7.73. The molecule has 0 unspecified atom stereocenters. The number of hydrogen-bond acceptors (Lipinski definition) is 4.